The van der Waals surface area contributed by atoms with E-state index < -0.39 is 12.0 Å². The van der Waals surface area contributed by atoms with Crippen molar-refractivity contribution in [3.8, 4) is 5.75 Å². The summed E-state index contributed by atoms with van der Waals surface area (Å²) in [5, 5.41) is 9.28. The maximum atomic E-state index is 12.7. The van der Waals surface area contributed by atoms with E-state index in [9.17, 15) is 14.7 Å². The number of benzene rings is 1. The number of aliphatic carboxylic acids is 1. The van der Waals surface area contributed by atoms with E-state index in [0.717, 1.165) is 11.3 Å². The Morgan fingerprint density at radius 3 is 2.93 bits per heavy atom. The fourth-order valence-electron chi connectivity index (χ4n) is 3.37. The highest BCUT2D eigenvalue weighted by Gasteiger charge is 2.34. The summed E-state index contributed by atoms with van der Waals surface area (Å²) in [6, 6.07) is 11.8. The van der Waals surface area contributed by atoms with Crippen molar-refractivity contribution in [3.63, 3.8) is 0 Å². The predicted octanol–water partition coefficient (Wildman–Crippen LogP) is 2.60. The van der Waals surface area contributed by atoms with Crippen LogP contribution in [-0.2, 0) is 11.4 Å². The van der Waals surface area contributed by atoms with E-state index in [-0.39, 0.29) is 12.5 Å². The molecular formula is C20H19N3O4. The molecule has 2 aromatic heterocycles. The lowest BCUT2D eigenvalue weighted by Gasteiger charge is -2.21. The Balaban J connectivity index is 1.47. The third-order valence-electron chi connectivity index (χ3n) is 4.68. The summed E-state index contributed by atoms with van der Waals surface area (Å²) in [7, 11) is 0. The van der Waals surface area contributed by atoms with Crippen molar-refractivity contribution in [1.29, 1.82) is 0 Å². The second-order valence-corrected chi connectivity index (χ2v) is 6.51. The Labute approximate surface area is 155 Å². The first-order chi connectivity index (χ1) is 13.1. The molecule has 3 aromatic rings. The molecule has 27 heavy (non-hydrogen) atoms. The molecule has 1 aliphatic heterocycles. The highest BCUT2D eigenvalue weighted by molar-refractivity contribution is 5.97. The van der Waals surface area contributed by atoms with E-state index in [1.807, 2.05) is 35.0 Å². The molecule has 1 saturated heterocycles. The Morgan fingerprint density at radius 2 is 2.11 bits per heavy atom. The van der Waals surface area contributed by atoms with Gasteiger partial charge in [0, 0.05) is 24.5 Å². The van der Waals surface area contributed by atoms with Crippen LogP contribution >= 0.6 is 0 Å². The van der Waals surface area contributed by atoms with Gasteiger partial charge in [-0.25, -0.2) is 9.78 Å². The van der Waals surface area contributed by atoms with Gasteiger partial charge in [-0.2, -0.15) is 0 Å². The van der Waals surface area contributed by atoms with Crippen molar-refractivity contribution in [1.82, 2.24) is 14.3 Å². The highest BCUT2D eigenvalue weighted by Crippen LogP contribution is 2.22. The lowest BCUT2D eigenvalue weighted by molar-refractivity contribution is -0.141. The average molecular weight is 365 g/mol. The van der Waals surface area contributed by atoms with Crippen LogP contribution in [0.4, 0.5) is 0 Å². The summed E-state index contributed by atoms with van der Waals surface area (Å²) in [4.78, 5) is 29.9. The molecule has 0 radical (unpaired) electrons. The van der Waals surface area contributed by atoms with Crippen molar-refractivity contribution in [2.45, 2.75) is 25.5 Å². The molecule has 1 atom stereocenters. The standard InChI is InChI=1S/C20H19N3O4/c24-19(23-10-4-7-17(23)20(25)26)14-5-3-6-16(11-14)27-13-15-12-22-9-2-1-8-18(22)21-15/h1-3,5-6,8-9,11-12,17H,4,7,10,13H2,(H,25,26)/t17-/m0/s1. The Kier molecular flexibility index (Phi) is 4.50. The van der Waals surface area contributed by atoms with Gasteiger partial charge in [-0.3, -0.25) is 4.79 Å². The SMILES string of the molecule is O=C(O)[C@@H]1CCCN1C(=O)c1cccc(OCc2cn3ccccc3n2)c1. The number of aromatic nitrogens is 2. The summed E-state index contributed by atoms with van der Waals surface area (Å²) < 4.78 is 7.70. The zero-order chi connectivity index (χ0) is 18.8. The molecule has 4 rings (SSSR count). The maximum Gasteiger partial charge on any atom is 0.326 e. The van der Waals surface area contributed by atoms with Crippen molar-refractivity contribution in [2.24, 2.45) is 0 Å². The van der Waals surface area contributed by atoms with Gasteiger partial charge in [0.1, 0.15) is 24.0 Å². The molecule has 1 aliphatic rings. The van der Waals surface area contributed by atoms with Crippen molar-refractivity contribution < 1.29 is 19.4 Å². The first kappa shape index (κ1) is 17.1. The first-order valence-electron chi connectivity index (χ1n) is 8.81. The van der Waals surface area contributed by atoms with Gasteiger partial charge in [-0.05, 0) is 43.2 Å². The number of carboxylic acid groups (broad SMARTS) is 1. The molecule has 7 nitrogen and oxygen atoms in total. The number of imidazole rings is 1. The second-order valence-electron chi connectivity index (χ2n) is 6.51. The highest BCUT2D eigenvalue weighted by atomic mass is 16.5. The summed E-state index contributed by atoms with van der Waals surface area (Å²) in [6.45, 7) is 0.739. The monoisotopic (exact) mass is 365 g/mol. The minimum absolute atomic E-state index is 0.279. The second kappa shape index (κ2) is 7.11. The molecule has 1 amide bonds. The summed E-state index contributed by atoms with van der Waals surface area (Å²) in [5.41, 5.74) is 2.05. The van der Waals surface area contributed by atoms with Crippen molar-refractivity contribution >= 4 is 17.5 Å². The molecule has 0 unspecified atom stereocenters. The third-order valence-corrected chi connectivity index (χ3v) is 4.68. The topological polar surface area (TPSA) is 84.1 Å². The van der Waals surface area contributed by atoms with Crippen LogP contribution in [0.5, 0.6) is 5.75 Å². The van der Waals surface area contributed by atoms with Gasteiger partial charge in [0.25, 0.3) is 5.91 Å². The number of rotatable bonds is 5. The van der Waals surface area contributed by atoms with Gasteiger partial charge >= 0.3 is 5.97 Å². The van der Waals surface area contributed by atoms with Gasteiger partial charge < -0.3 is 19.1 Å². The maximum absolute atomic E-state index is 12.7. The number of hydrogen-bond acceptors (Lipinski definition) is 4. The number of ether oxygens (including phenoxy) is 1. The molecule has 1 fully saturated rings. The molecule has 3 heterocycles. The number of amides is 1. The number of pyridine rings is 1. The lowest BCUT2D eigenvalue weighted by Crippen LogP contribution is -2.40. The molecule has 0 bridgehead atoms. The molecule has 1 N–H and O–H groups in total. The van der Waals surface area contributed by atoms with Gasteiger partial charge in [0.2, 0.25) is 0 Å². The number of carboxylic acids is 1. The number of hydrogen-bond donors (Lipinski definition) is 1. The summed E-state index contributed by atoms with van der Waals surface area (Å²) >= 11 is 0. The van der Waals surface area contributed by atoms with E-state index >= 15 is 0 Å². The van der Waals surface area contributed by atoms with Gasteiger partial charge in [0.15, 0.2) is 0 Å². The van der Waals surface area contributed by atoms with Crippen LogP contribution in [0.2, 0.25) is 0 Å². The van der Waals surface area contributed by atoms with E-state index in [0.29, 0.717) is 30.7 Å². The lowest BCUT2D eigenvalue weighted by atomic mass is 10.1. The van der Waals surface area contributed by atoms with Crippen molar-refractivity contribution in [2.75, 3.05) is 6.54 Å². The number of carbonyl (C=O) groups is 2. The Morgan fingerprint density at radius 1 is 1.22 bits per heavy atom. The van der Waals surface area contributed by atoms with Crippen LogP contribution in [-0.4, -0.2) is 43.9 Å². The summed E-state index contributed by atoms with van der Waals surface area (Å²) in [5.74, 6) is -0.692. The zero-order valence-corrected chi connectivity index (χ0v) is 14.6. The summed E-state index contributed by atoms with van der Waals surface area (Å²) in [6.07, 6.45) is 5.00. The van der Waals surface area contributed by atoms with Crippen LogP contribution in [0.3, 0.4) is 0 Å². The fraction of sp³-hybridized carbons (Fsp3) is 0.250. The molecule has 138 valence electrons. The number of likely N-dealkylation sites (tertiary alicyclic amines) is 1. The fourth-order valence-corrected chi connectivity index (χ4v) is 3.37. The molecule has 0 aliphatic carbocycles. The largest absolute Gasteiger partial charge is 0.487 e. The van der Waals surface area contributed by atoms with E-state index in [1.165, 1.54) is 4.90 Å². The van der Waals surface area contributed by atoms with E-state index in [4.69, 9.17) is 4.74 Å². The van der Waals surface area contributed by atoms with Crippen molar-refractivity contribution in [3.05, 3.63) is 66.1 Å². The number of fused-ring (bicyclic) bond motifs is 1. The minimum Gasteiger partial charge on any atom is -0.487 e. The third kappa shape index (κ3) is 3.48. The number of nitrogens with zero attached hydrogens (tertiary/aromatic N) is 3. The molecule has 7 heteroatoms. The molecular weight excluding hydrogens is 346 g/mol. The zero-order valence-electron chi connectivity index (χ0n) is 14.6. The Hall–Kier alpha value is -3.35. The quantitative estimate of drug-likeness (QED) is 0.751. The van der Waals surface area contributed by atoms with Crippen LogP contribution < -0.4 is 4.74 Å². The van der Waals surface area contributed by atoms with Crippen LogP contribution in [0.1, 0.15) is 28.9 Å². The smallest absolute Gasteiger partial charge is 0.326 e. The minimum atomic E-state index is -0.958. The van der Waals surface area contributed by atoms with Gasteiger partial charge in [-0.1, -0.05) is 12.1 Å². The van der Waals surface area contributed by atoms with Gasteiger partial charge in [-0.15, -0.1) is 0 Å². The first-order valence-corrected chi connectivity index (χ1v) is 8.81. The average Bonchev–Trinajstić information content (AvgIpc) is 3.32. The predicted molar refractivity (Wildman–Crippen MR) is 97.7 cm³/mol. The van der Waals surface area contributed by atoms with E-state index in [2.05, 4.69) is 4.98 Å². The van der Waals surface area contributed by atoms with E-state index in [1.54, 1.807) is 24.3 Å². The normalized spacial score (nSPS) is 16.6. The molecule has 0 saturated carbocycles. The van der Waals surface area contributed by atoms with Crippen LogP contribution in [0.25, 0.3) is 5.65 Å². The molecule has 0 spiro atoms. The van der Waals surface area contributed by atoms with Crippen LogP contribution in [0.15, 0.2) is 54.9 Å². The Bertz CT molecular complexity index is 965. The van der Waals surface area contributed by atoms with Gasteiger partial charge in [0.05, 0.1) is 5.69 Å². The van der Waals surface area contributed by atoms with Crippen LogP contribution in [0, 0.1) is 0 Å². The number of carbonyl (C=O) groups excluding carboxylic acids is 1. The molecule has 1 aromatic carbocycles.